The highest BCUT2D eigenvalue weighted by Gasteiger charge is 2.29. The molecule has 1 atom stereocenters. The molecule has 0 amide bonds. The van der Waals surface area contributed by atoms with Crippen molar-refractivity contribution in [3.63, 3.8) is 0 Å². The Balaban J connectivity index is 1.96. The molecule has 1 unspecified atom stereocenters. The molecule has 0 radical (unpaired) electrons. The predicted molar refractivity (Wildman–Crippen MR) is 95.9 cm³/mol. The quantitative estimate of drug-likeness (QED) is 0.617. The van der Waals surface area contributed by atoms with E-state index in [1.807, 2.05) is 24.8 Å². The fraction of sp³-hybridized carbons (Fsp3) is 0.588. The van der Waals surface area contributed by atoms with E-state index in [4.69, 9.17) is 4.74 Å². The van der Waals surface area contributed by atoms with E-state index in [-0.39, 0.29) is 16.3 Å². The molecule has 1 heterocycles. The average Bonchev–Trinajstić information content (AvgIpc) is 2.97. The summed E-state index contributed by atoms with van der Waals surface area (Å²) in [7, 11) is 1.46. The smallest absolute Gasteiger partial charge is 0.191 e. The lowest BCUT2D eigenvalue weighted by molar-refractivity contribution is 0.386. The zero-order valence-corrected chi connectivity index (χ0v) is 14.9. The number of aliphatic imine (C=N–C) groups is 1. The third-order valence-corrected chi connectivity index (χ3v) is 5.45. The second kappa shape index (κ2) is 8.43. The number of guanidine groups is 1. The number of methoxy groups -OCH3 is 1. The Morgan fingerprint density at radius 1 is 1.43 bits per heavy atom. The first-order chi connectivity index (χ1) is 11.1. The van der Waals surface area contributed by atoms with Gasteiger partial charge in [-0.15, -0.1) is 0 Å². The average molecular weight is 339 g/mol. The van der Waals surface area contributed by atoms with Crippen molar-refractivity contribution in [2.45, 2.75) is 38.0 Å². The van der Waals surface area contributed by atoms with Crippen molar-refractivity contribution in [3.05, 3.63) is 29.6 Å². The van der Waals surface area contributed by atoms with Crippen LogP contribution in [0.5, 0.6) is 5.75 Å². The van der Waals surface area contributed by atoms with Gasteiger partial charge in [0.1, 0.15) is 0 Å². The molecule has 1 aromatic rings. The van der Waals surface area contributed by atoms with Gasteiger partial charge in [0.15, 0.2) is 17.5 Å². The second-order valence-electron chi connectivity index (χ2n) is 5.92. The van der Waals surface area contributed by atoms with E-state index >= 15 is 0 Å². The van der Waals surface area contributed by atoms with E-state index in [1.165, 1.54) is 31.8 Å². The lowest BCUT2D eigenvalue weighted by Gasteiger charge is -2.24. The summed E-state index contributed by atoms with van der Waals surface area (Å²) >= 11 is 2.02. The van der Waals surface area contributed by atoms with E-state index in [1.54, 1.807) is 6.07 Å². The molecule has 0 aromatic heterocycles. The van der Waals surface area contributed by atoms with Crippen LogP contribution in [0, 0.1) is 5.82 Å². The van der Waals surface area contributed by atoms with Gasteiger partial charge in [0.05, 0.1) is 13.7 Å². The van der Waals surface area contributed by atoms with E-state index < -0.39 is 0 Å². The van der Waals surface area contributed by atoms with Crippen LogP contribution >= 0.6 is 11.8 Å². The van der Waals surface area contributed by atoms with Crippen molar-refractivity contribution in [1.82, 2.24) is 10.6 Å². The molecule has 2 rings (SSSR count). The van der Waals surface area contributed by atoms with Gasteiger partial charge in [0, 0.05) is 17.8 Å². The minimum absolute atomic E-state index is 0.258. The number of nitrogens with one attached hydrogen (secondary N) is 2. The SMILES string of the molecule is CCNC(=NCc1ccc(OC)c(F)c1)NCC1(C)CCCS1. The summed E-state index contributed by atoms with van der Waals surface area (Å²) in [6.45, 7) is 6.45. The number of hydrogen-bond acceptors (Lipinski definition) is 3. The predicted octanol–water partition coefficient (Wildman–Crippen LogP) is 3.18. The number of thioether (sulfide) groups is 1. The van der Waals surface area contributed by atoms with E-state index in [0.29, 0.717) is 6.54 Å². The zero-order chi connectivity index (χ0) is 16.7. The number of hydrogen-bond donors (Lipinski definition) is 2. The number of rotatable bonds is 6. The van der Waals surface area contributed by atoms with Crippen molar-refractivity contribution in [2.24, 2.45) is 4.99 Å². The van der Waals surface area contributed by atoms with Crippen LogP contribution in [0.1, 0.15) is 32.3 Å². The maximum Gasteiger partial charge on any atom is 0.191 e. The molecule has 2 N–H and O–H groups in total. The molecular formula is C17H26FN3OS. The monoisotopic (exact) mass is 339 g/mol. The van der Waals surface area contributed by atoms with Gasteiger partial charge in [-0.1, -0.05) is 6.07 Å². The maximum atomic E-state index is 13.7. The van der Waals surface area contributed by atoms with Gasteiger partial charge in [-0.2, -0.15) is 11.8 Å². The second-order valence-corrected chi connectivity index (χ2v) is 7.60. The van der Waals surface area contributed by atoms with Crippen LogP contribution in [-0.2, 0) is 6.54 Å². The third kappa shape index (κ3) is 5.30. The molecule has 128 valence electrons. The number of benzene rings is 1. The summed E-state index contributed by atoms with van der Waals surface area (Å²) in [5.74, 6) is 1.91. The maximum absolute atomic E-state index is 13.7. The van der Waals surface area contributed by atoms with Crippen LogP contribution in [0.15, 0.2) is 23.2 Å². The van der Waals surface area contributed by atoms with E-state index in [9.17, 15) is 4.39 Å². The Hall–Kier alpha value is -1.43. The first-order valence-electron chi connectivity index (χ1n) is 8.05. The molecule has 0 bridgehead atoms. The first kappa shape index (κ1) is 17.9. The summed E-state index contributed by atoms with van der Waals surface area (Å²) in [6, 6.07) is 4.94. The Labute approximate surface area is 142 Å². The molecule has 4 nitrogen and oxygen atoms in total. The number of halogens is 1. The Morgan fingerprint density at radius 3 is 2.87 bits per heavy atom. The Morgan fingerprint density at radius 2 is 2.26 bits per heavy atom. The topological polar surface area (TPSA) is 45.7 Å². The lowest BCUT2D eigenvalue weighted by atomic mass is 10.1. The molecule has 23 heavy (non-hydrogen) atoms. The van der Waals surface area contributed by atoms with Crippen molar-refractivity contribution >= 4 is 17.7 Å². The molecule has 1 fully saturated rings. The van der Waals surface area contributed by atoms with Crippen LogP contribution in [0.25, 0.3) is 0 Å². The third-order valence-electron chi connectivity index (χ3n) is 3.91. The normalized spacial score (nSPS) is 21.3. The van der Waals surface area contributed by atoms with Crippen LogP contribution in [0.4, 0.5) is 4.39 Å². The number of ether oxygens (including phenoxy) is 1. The molecule has 6 heteroatoms. The lowest BCUT2D eigenvalue weighted by Crippen LogP contribution is -2.43. The fourth-order valence-electron chi connectivity index (χ4n) is 2.57. The van der Waals surface area contributed by atoms with Gasteiger partial charge in [-0.3, -0.25) is 0 Å². The summed E-state index contributed by atoms with van der Waals surface area (Å²) in [4.78, 5) is 4.55. The molecule has 1 aliphatic heterocycles. The van der Waals surface area contributed by atoms with Crippen LogP contribution in [-0.4, -0.2) is 36.7 Å². The van der Waals surface area contributed by atoms with Gasteiger partial charge >= 0.3 is 0 Å². The molecule has 1 aromatic carbocycles. The summed E-state index contributed by atoms with van der Waals surface area (Å²) in [6.07, 6.45) is 2.51. The van der Waals surface area contributed by atoms with Gasteiger partial charge in [0.2, 0.25) is 0 Å². The molecule has 1 saturated heterocycles. The van der Waals surface area contributed by atoms with Crippen LogP contribution < -0.4 is 15.4 Å². The van der Waals surface area contributed by atoms with Crippen LogP contribution in [0.2, 0.25) is 0 Å². The Bertz CT molecular complexity index is 545. The summed E-state index contributed by atoms with van der Waals surface area (Å²) < 4.78 is 18.9. The highest BCUT2D eigenvalue weighted by Crippen LogP contribution is 2.36. The highest BCUT2D eigenvalue weighted by atomic mass is 32.2. The summed E-state index contributed by atoms with van der Waals surface area (Å²) in [5, 5.41) is 6.65. The summed E-state index contributed by atoms with van der Waals surface area (Å²) in [5.41, 5.74) is 0.821. The first-order valence-corrected chi connectivity index (χ1v) is 9.03. The molecular weight excluding hydrogens is 313 g/mol. The fourth-order valence-corrected chi connectivity index (χ4v) is 3.81. The standard InChI is InChI=1S/C17H26FN3OS/c1-4-19-16(21-12-17(2)8-5-9-23-17)20-11-13-6-7-15(22-3)14(18)10-13/h6-7,10H,4-5,8-9,11-12H2,1-3H3,(H2,19,20,21). The molecule has 1 aliphatic rings. The van der Waals surface area contributed by atoms with E-state index in [0.717, 1.165) is 24.6 Å². The highest BCUT2D eigenvalue weighted by molar-refractivity contribution is 8.00. The van der Waals surface area contributed by atoms with Gasteiger partial charge in [-0.05, 0) is 50.1 Å². The number of nitrogens with zero attached hydrogens (tertiary/aromatic N) is 1. The van der Waals surface area contributed by atoms with Crippen molar-refractivity contribution in [1.29, 1.82) is 0 Å². The minimum Gasteiger partial charge on any atom is -0.494 e. The van der Waals surface area contributed by atoms with Crippen molar-refractivity contribution in [3.8, 4) is 5.75 Å². The zero-order valence-electron chi connectivity index (χ0n) is 14.1. The minimum atomic E-state index is -0.354. The largest absolute Gasteiger partial charge is 0.494 e. The van der Waals surface area contributed by atoms with Crippen LogP contribution in [0.3, 0.4) is 0 Å². The van der Waals surface area contributed by atoms with Gasteiger partial charge in [-0.25, -0.2) is 9.38 Å². The van der Waals surface area contributed by atoms with Gasteiger partial charge in [0.25, 0.3) is 0 Å². The van der Waals surface area contributed by atoms with Crippen molar-refractivity contribution < 1.29 is 9.13 Å². The molecule has 0 spiro atoms. The Kier molecular flexibility index (Phi) is 6.57. The van der Waals surface area contributed by atoms with Gasteiger partial charge < -0.3 is 15.4 Å². The molecule has 0 saturated carbocycles. The van der Waals surface area contributed by atoms with Crippen molar-refractivity contribution in [2.75, 3.05) is 26.0 Å². The molecule has 0 aliphatic carbocycles. The van der Waals surface area contributed by atoms with E-state index in [2.05, 4.69) is 22.5 Å².